The summed E-state index contributed by atoms with van der Waals surface area (Å²) < 4.78 is 0.713. The van der Waals surface area contributed by atoms with Crippen LogP contribution in [0, 0.1) is 0 Å². The van der Waals surface area contributed by atoms with Gasteiger partial charge in [0.25, 0.3) is 5.91 Å². The van der Waals surface area contributed by atoms with E-state index in [1.165, 1.54) is 5.56 Å². The Hall–Kier alpha value is -2.14. The summed E-state index contributed by atoms with van der Waals surface area (Å²) in [7, 11) is 0. The largest absolute Gasteiger partial charge is 0.340 e. The Balaban J connectivity index is 1.74. The maximum absolute atomic E-state index is 12.8. The fourth-order valence-corrected chi connectivity index (χ4v) is 3.44. The molecule has 2 amide bonds. The van der Waals surface area contributed by atoms with Gasteiger partial charge in [0.2, 0.25) is 5.91 Å². The maximum atomic E-state index is 12.8. The Kier molecular flexibility index (Phi) is 5.00. The van der Waals surface area contributed by atoms with E-state index in [4.69, 9.17) is 0 Å². The van der Waals surface area contributed by atoms with E-state index in [-0.39, 0.29) is 11.8 Å². The molecule has 1 aliphatic heterocycles. The van der Waals surface area contributed by atoms with E-state index >= 15 is 0 Å². The van der Waals surface area contributed by atoms with Crippen molar-refractivity contribution in [3.05, 3.63) is 64.1 Å². The second-order valence-electron chi connectivity index (χ2n) is 5.90. The number of nitrogens with zero attached hydrogens (tertiary/aromatic N) is 1. The van der Waals surface area contributed by atoms with Crippen molar-refractivity contribution in [1.82, 2.24) is 5.32 Å². The fourth-order valence-electron chi connectivity index (χ4n) is 2.98. The lowest BCUT2D eigenvalue weighted by Crippen LogP contribution is -2.48. The number of halogens is 1. The van der Waals surface area contributed by atoms with Crippen LogP contribution in [-0.4, -0.2) is 24.4 Å². The van der Waals surface area contributed by atoms with Gasteiger partial charge in [0.1, 0.15) is 6.04 Å². The Labute approximate surface area is 150 Å². The van der Waals surface area contributed by atoms with Crippen molar-refractivity contribution in [2.75, 3.05) is 11.4 Å². The zero-order chi connectivity index (χ0) is 17.1. The van der Waals surface area contributed by atoms with Gasteiger partial charge in [-0.1, -0.05) is 30.3 Å². The monoisotopic (exact) mass is 386 g/mol. The Morgan fingerprint density at radius 2 is 1.83 bits per heavy atom. The summed E-state index contributed by atoms with van der Waals surface area (Å²) in [6.07, 6.45) is 1.92. The standard InChI is InChI=1S/C19H19BrN2O2/c1-13(21-18(23)15-9-3-4-10-16(15)20)19(24)22-12-6-8-14-7-2-5-11-17(14)22/h2-5,7,9-11,13H,6,8,12H2,1H3,(H,21,23)/t13-/m0/s1. The van der Waals surface area contributed by atoms with Crippen LogP contribution in [0.25, 0.3) is 0 Å². The number of hydrogen-bond acceptors (Lipinski definition) is 2. The van der Waals surface area contributed by atoms with Crippen LogP contribution in [0.4, 0.5) is 5.69 Å². The van der Waals surface area contributed by atoms with Gasteiger partial charge in [0.05, 0.1) is 5.56 Å². The normalized spacial score (nSPS) is 14.7. The maximum Gasteiger partial charge on any atom is 0.253 e. The first kappa shape index (κ1) is 16.7. The van der Waals surface area contributed by atoms with Gasteiger partial charge in [0, 0.05) is 16.7 Å². The highest BCUT2D eigenvalue weighted by molar-refractivity contribution is 9.10. The van der Waals surface area contributed by atoms with Crippen LogP contribution >= 0.6 is 15.9 Å². The van der Waals surface area contributed by atoms with E-state index in [1.807, 2.05) is 30.3 Å². The first-order valence-corrected chi connectivity index (χ1v) is 8.82. The number of anilines is 1. The molecule has 0 saturated carbocycles. The highest BCUT2D eigenvalue weighted by Gasteiger charge is 2.27. The zero-order valence-corrected chi connectivity index (χ0v) is 15.0. The molecule has 1 atom stereocenters. The summed E-state index contributed by atoms with van der Waals surface area (Å²) in [6.45, 7) is 2.42. The van der Waals surface area contributed by atoms with E-state index in [2.05, 4.69) is 27.3 Å². The van der Waals surface area contributed by atoms with Gasteiger partial charge in [-0.15, -0.1) is 0 Å². The molecule has 124 valence electrons. The molecule has 0 spiro atoms. The SMILES string of the molecule is C[C@H](NC(=O)c1ccccc1Br)C(=O)N1CCCc2ccccc21. The number of para-hydroxylation sites is 1. The first-order chi connectivity index (χ1) is 11.6. The lowest BCUT2D eigenvalue weighted by molar-refractivity contribution is -0.120. The van der Waals surface area contributed by atoms with Gasteiger partial charge < -0.3 is 10.2 Å². The van der Waals surface area contributed by atoms with E-state index < -0.39 is 6.04 Å². The molecule has 2 aromatic carbocycles. The molecular weight excluding hydrogens is 368 g/mol. The molecule has 0 radical (unpaired) electrons. The number of carbonyl (C=O) groups is 2. The van der Waals surface area contributed by atoms with E-state index in [0.717, 1.165) is 18.5 Å². The van der Waals surface area contributed by atoms with Crippen molar-refractivity contribution in [3.8, 4) is 0 Å². The third kappa shape index (κ3) is 3.36. The van der Waals surface area contributed by atoms with Crippen LogP contribution in [0.5, 0.6) is 0 Å². The van der Waals surface area contributed by atoms with Crippen LogP contribution in [-0.2, 0) is 11.2 Å². The summed E-state index contributed by atoms with van der Waals surface area (Å²) in [5.74, 6) is -0.337. The number of carbonyl (C=O) groups excluding carboxylic acids is 2. The third-order valence-corrected chi connectivity index (χ3v) is 4.90. The molecule has 1 aliphatic rings. The summed E-state index contributed by atoms with van der Waals surface area (Å²) in [5, 5.41) is 2.80. The molecule has 5 heteroatoms. The van der Waals surface area contributed by atoms with Gasteiger partial charge in [-0.05, 0) is 59.5 Å². The molecule has 0 fully saturated rings. The van der Waals surface area contributed by atoms with Crippen LogP contribution in [0.15, 0.2) is 53.0 Å². The number of aryl methyl sites for hydroxylation is 1. The van der Waals surface area contributed by atoms with Crippen molar-refractivity contribution in [2.45, 2.75) is 25.8 Å². The van der Waals surface area contributed by atoms with Gasteiger partial charge in [-0.25, -0.2) is 0 Å². The van der Waals surface area contributed by atoms with Crippen molar-refractivity contribution in [1.29, 1.82) is 0 Å². The molecule has 3 rings (SSSR count). The topological polar surface area (TPSA) is 49.4 Å². The average molecular weight is 387 g/mol. The summed E-state index contributed by atoms with van der Waals surface area (Å²) in [5.41, 5.74) is 2.66. The van der Waals surface area contributed by atoms with Crippen molar-refractivity contribution in [3.63, 3.8) is 0 Å². The molecule has 0 aliphatic carbocycles. The van der Waals surface area contributed by atoms with E-state index in [0.29, 0.717) is 16.6 Å². The van der Waals surface area contributed by atoms with Crippen LogP contribution in [0.2, 0.25) is 0 Å². The lowest BCUT2D eigenvalue weighted by atomic mass is 10.0. The number of nitrogens with one attached hydrogen (secondary N) is 1. The Morgan fingerprint density at radius 3 is 2.62 bits per heavy atom. The van der Waals surface area contributed by atoms with Gasteiger partial charge >= 0.3 is 0 Å². The zero-order valence-electron chi connectivity index (χ0n) is 13.5. The molecule has 2 aromatic rings. The quantitative estimate of drug-likeness (QED) is 0.876. The molecule has 0 bridgehead atoms. The third-order valence-electron chi connectivity index (χ3n) is 4.21. The van der Waals surface area contributed by atoms with Crippen molar-refractivity contribution in [2.24, 2.45) is 0 Å². The number of benzene rings is 2. The van der Waals surface area contributed by atoms with Crippen LogP contribution in [0.1, 0.15) is 29.3 Å². The average Bonchev–Trinajstić information content (AvgIpc) is 2.60. The minimum Gasteiger partial charge on any atom is -0.340 e. The second-order valence-corrected chi connectivity index (χ2v) is 6.75. The van der Waals surface area contributed by atoms with E-state index in [1.54, 1.807) is 24.0 Å². The molecule has 0 saturated heterocycles. The minimum absolute atomic E-state index is 0.0810. The van der Waals surface area contributed by atoms with Gasteiger partial charge in [-0.3, -0.25) is 9.59 Å². The number of rotatable bonds is 3. The molecule has 0 unspecified atom stereocenters. The predicted molar refractivity (Wildman–Crippen MR) is 98.2 cm³/mol. The summed E-state index contributed by atoms with van der Waals surface area (Å²) in [6, 6.07) is 14.5. The van der Waals surface area contributed by atoms with Crippen LogP contribution in [0.3, 0.4) is 0 Å². The minimum atomic E-state index is -0.587. The van der Waals surface area contributed by atoms with Crippen molar-refractivity contribution >= 4 is 33.4 Å². The molecular formula is C19H19BrN2O2. The lowest BCUT2D eigenvalue weighted by Gasteiger charge is -2.31. The Morgan fingerprint density at radius 1 is 1.12 bits per heavy atom. The number of fused-ring (bicyclic) bond motifs is 1. The second kappa shape index (κ2) is 7.18. The molecule has 1 N–H and O–H groups in total. The van der Waals surface area contributed by atoms with Crippen molar-refractivity contribution < 1.29 is 9.59 Å². The van der Waals surface area contributed by atoms with Gasteiger partial charge in [0.15, 0.2) is 0 Å². The molecule has 1 heterocycles. The fraction of sp³-hybridized carbons (Fsp3) is 0.263. The van der Waals surface area contributed by atoms with Crippen LogP contribution < -0.4 is 10.2 Å². The smallest absolute Gasteiger partial charge is 0.253 e. The highest BCUT2D eigenvalue weighted by Crippen LogP contribution is 2.27. The predicted octanol–water partition coefficient (Wildman–Crippen LogP) is 3.55. The first-order valence-electron chi connectivity index (χ1n) is 8.02. The molecule has 4 nitrogen and oxygen atoms in total. The molecule has 24 heavy (non-hydrogen) atoms. The van der Waals surface area contributed by atoms with E-state index in [9.17, 15) is 9.59 Å². The molecule has 0 aromatic heterocycles. The number of amides is 2. The summed E-state index contributed by atoms with van der Waals surface area (Å²) >= 11 is 3.37. The number of hydrogen-bond donors (Lipinski definition) is 1. The Bertz CT molecular complexity index is 775. The summed E-state index contributed by atoms with van der Waals surface area (Å²) in [4.78, 5) is 27.0. The highest BCUT2D eigenvalue weighted by atomic mass is 79.9. The van der Waals surface area contributed by atoms with Gasteiger partial charge in [-0.2, -0.15) is 0 Å².